The van der Waals surface area contributed by atoms with Gasteiger partial charge in [0.25, 0.3) is 0 Å². The molecule has 2 saturated carbocycles. The van der Waals surface area contributed by atoms with Crippen LogP contribution in [-0.2, 0) is 16.0 Å². The first-order valence-electron chi connectivity index (χ1n) is 18.0. The summed E-state index contributed by atoms with van der Waals surface area (Å²) in [5.74, 6) is 2.51. The van der Waals surface area contributed by atoms with Gasteiger partial charge in [0, 0.05) is 24.5 Å². The van der Waals surface area contributed by atoms with Gasteiger partial charge in [-0.15, -0.1) is 0 Å². The highest BCUT2D eigenvalue weighted by atomic mass is 16.6. The Morgan fingerprint density at radius 3 is 2.49 bits per heavy atom. The molecule has 6 rings (SSSR count). The molecule has 0 unspecified atom stereocenters. The molecule has 0 aromatic heterocycles. The van der Waals surface area contributed by atoms with E-state index in [0.717, 1.165) is 64.5 Å². The van der Waals surface area contributed by atoms with Gasteiger partial charge in [-0.05, 0) is 132 Å². The molecule has 8 heteroatoms. The number of piperidine rings is 2. The second-order valence-electron chi connectivity index (χ2n) is 15.3. The predicted octanol–water partition coefficient (Wildman–Crippen LogP) is 5.85. The van der Waals surface area contributed by atoms with E-state index in [9.17, 15) is 14.7 Å². The molecule has 1 amide bonds. The van der Waals surface area contributed by atoms with E-state index < -0.39 is 6.04 Å². The molecule has 7 atom stereocenters. The minimum absolute atomic E-state index is 0.0381. The molecule has 45 heavy (non-hydrogen) atoms. The number of aliphatic hydroxyl groups is 1. The average molecular weight is 624 g/mol. The van der Waals surface area contributed by atoms with Gasteiger partial charge in [0.1, 0.15) is 17.9 Å². The van der Waals surface area contributed by atoms with Gasteiger partial charge in [-0.2, -0.15) is 0 Å². The number of carbonyl (C=O) groups is 2. The third-order valence-corrected chi connectivity index (χ3v) is 12.6. The van der Waals surface area contributed by atoms with E-state index >= 15 is 0 Å². The maximum absolute atomic E-state index is 13.2. The van der Waals surface area contributed by atoms with Gasteiger partial charge < -0.3 is 24.4 Å². The zero-order valence-corrected chi connectivity index (χ0v) is 28.2. The van der Waals surface area contributed by atoms with Crippen molar-refractivity contribution in [2.45, 2.75) is 115 Å². The second-order valence-corrected chi connectivity index (χ2v) is 15.3. The molecule has 8 nitrogen and oxygen atoms in total. The number of hydrogen-bond acceptors (Lipinski definition) is 7. The van der Waals surface area contributed by atoms with Gasteiger partial charge in [-0.25, -0.2) is 4.79 Å². The summed E-state index contributed by atoms with van der Waals surface area (Å²) in [6.45, 7) is 8.39. The molecule has 2 saturated heterocycles. The summed E-state index contributed by atoms with van der Waals surface area (Å²) in [6, 6.07) is 6.43. The maximum atomic E-state index is 13.2. The Bertz CT molecular complexity index is 1190. The summed E-state index contributed by atoms with van der Waals surface area (Å²) in [5.41, 5.74) is 2.75. The molecule has 1 aromatic rings. The molecule has 1 aromatic carbocycles. The van der Waals surface area contributed by atoms with Crippen molar-refractivity contribution in [2.75, 3.05) is 46.9 Å². The van der Waals surface area contributed by atoms with Crippen LogP contribution < -0.4 is 4.74 Å². The number of esters is 1. The van der Waals surface area contributed by atoms with Crippen molar-refractivity contribution in [3.63, 3.8) is 0 Å². The van der Waals surface area contributed by atoms with Gasteiger partial charge in [-0.1, -0.05) is 39.2 Å². The Labute approximate surface area is 270 Å². The monoisotopic (exact) mass is 623 g/mol. The van der Waals surface area contributed by atoms with Crippen molar-refractivity contribution in [1.29, 1.82) is 0 Å². The number of aliphatic hydroxyl groups excluding tert-OH is 1. The summed E-state index contributed by atoms with van der Waals surface area (Å²) < 4.78 is 12.2. The molecule has 0 radical (unpaired) electrons. The number of likely N-dealkylation sites (tertiary alicyclic amines) is 2. The van der Waals surface area contributed by atoms with Crippen LogP contribution in [-0.4, -0.2) is 96.9 Å². The smallest absolute Gasteiger partial charge is 0.415 e. The lowest BCUT2D eigenvalue weighted by Gasteiger charge is -2.53. The number of rotatable bonds is 8. The Morgan fingerprint density at radius 2 is 1.80 bits per heavy atom. The van der Waals surface area contributed by atoms with Crippen molar-refractivity contribution in [3.8, 4) is 5.75 Å². The second kappa shape index (κ2) is 13.9. The molecular weight excluding hydrogens is 566 g/mol. The fraction of sp³-hybridized carbons (Fsp3) is 0.784. The minimum atomic E-state index is -0.618. The lowest BCUT2D eigenvalue weighted by atomic mass is 9.52. The zero-order valence-electron chi connectivity index (χ0n) is 28.2. The molecular formula is C37H57N3O5. The van der Waals surface area contributed by atoms with Crippen LogP contribution in [0.15, 0.2) is 18.2 Å². The number of fused-ring (bicyclic) bond motifs is 5. The zero-order chi connectivity index (χ0) is 31.7. The van der Waals surface area contributed by atoms with Gasteiger partial charge >= 0.3 is 12.1 Å². The van der Waals surface area contributed by atoms with Crippen LogP contribution in [0, 0.1) is 23.2 Å². The Kier molecular flexibility index (Phi) is 10.1. The lowest BCUT2D eigenvalue weighted by Crippen LogP contribution is -2.49. The van der Waals surface area contributed by atoms with Crippen LogP contribution in [0.4, 0.5) is 4.79 Å². The molecule has 2 heterocycles. The molecule has 3 aliphatic carbocycles. The van der Waals surface area contributed by atoms with Crippen LogP contribution in [0.1, 0.15) is 102 Å². The highest BCUT2D eigenvalue weighted by Crippen LogP contribution is 2.63. The fourth-order valence-corrected chi connectivity index (χ4v) is 10.2. The van der Waals surface area contributed by atoms with Gasteiger partial charge in [-0.3, -0.25) is 9.69 Å². The molecule has 0 spiro atoms. The van der Waals surface area contributed by atoms with Crippen molar-refractivity contribution >= 4 is 12.1 Å². The summed E-state index contributed by atoms with van der Waals surface area (Å²) >= 11 is 0. The van der Waals surface area contributed by atoms with Crippen molar-refractivity contribution < 1.29 is 24.2 Å². The Balaban J connectivity index is 1.12. The maximum Gasteiger partial charge on any atom is 0.415 e. The standard InChI is InChI=1S/C37H57N3O5/c1-5-9-25-22-26-23-28(44-36(43)40-20-15-27(16-21-40)39-18-7-6-8-19-39)10-11-29(26)30-14-17-37(2)31(34(25)30)12-13-33(37)45-35(42)32(24-41)38(3)4/h10-11,23,25,27,30-34,41H,5-9,12-22,24H2,1-4H3/t25-,30-,31+,32+,33+,34-,37+/m1/s1. The number of carbonyl (C=O) groups excluding carboxylic acids is 2. The topological polar surface area (TPSA) is 82.5 Å². The van der Waals surface area contributed by atoms with Crippen molar-refractivity contribution in [1.82, 2.24) is 14.7 Å². The van der Waals surface area contributed by atoms with Gasteiger partial charge in [0.05, 0.1) is 6.61 Å². The first-order chi connectivity index (χ1) is 21.7. The van der Waals surface area contributed by atoms with Gasteiger partial charge in [0.2, 0.25) is 0 Å². The number of ether oxygens (including phenoxy) is 2. The molecule has 1 N–H and O–H groups in total. The Hall–Kier alpha value is -2.16. The van der Waals surface area contributed by atoms with Crippen molar-refractivity contribution in [3.05, 3.63) is 29.3 Å². The first-order valence-corrected chi connectivity index (χ1v) is 18.0. The number of benzene rings is 1. The third-order valence-electron chi connectivity index (χ3n) is 12.6. The fourth-order valence-electron chi connectivity index (χ4n) is 10.2. The average Bonchev–Trinajstić information content (AvgIpc) is 3.37. The van der Waals surface area contributed by atoms with Crippen LogP contribution in [0.5, 0.6) is 5.75 Å². The summed E-state index contributed by atoms with van der Waals surface area (Å²) in [5, 5.41) is 9.79. The van der Waals surface area contributed by atoms with E-state index in [1.807, 2.05) is 25.1 Å². The van der Waals surface area contributed by atoms with E-state index in [2.05, 4.69) is 30.9 Å². The largest absolute Gasteiger partial charge is 0.461 e. The highest BCUT2D eigenvalue weighted by molar-refractivity contribution is 5.76. The number of nitrogens with zero attached hydrogens (tertiary/aromatic N) is 3. The third kappa shape index (κ3) is 6.53. The van der Waals surface area contributed by atoms with Crippen LogP contribution in [0.2, 0.25) is 0 Å². The molecule has 5 aliphatic rings. The quantitative estimate of drug-likeness (QED) is 0.364. The van der Waals surface area contributed by atoms with Gasteiger partial charge in [0.15, 0.2) is 0 Å². The first kappa shape index (κ1) is 32.8. The summed E-state index contributed by atoms with van der Waals surface area (Å²) in [7, 11) is 3.62. The molecule has 4 fully saturated rings. The molecule has 0 bridgehead atoms. The SMILES string of the molecule is CCC[C@@H]1Cc2cc(OC(=O)N3CCC(N4CCCCC4)CC3)ccc2[C@H]2CC[C@]3(C)[C@@H](OC(=O)[C@H](CO)N(C)C)CC[C@H]3[C@H]12. The lowest BCUT2D eigenvalue weighted by molar-refractivity contribution is -0.165. The minimum Gasteiger partial charge on any atom is -0.461 e. The number of amides is 1. The van der Waals surface area contributed by atoms with Crippen LogP contribution in [0.3, 0.4) is 0 Å². The molecule has 2 aliphatic heterocycles. The Morgan fingerprint density at radius 1 is 1.04 bits per heavy atom. The van der Waals surface area contributed by atoms with E-state index in [1.54, 1.807) is 4.90 Å². The predicted molar refractivity (Wildman–Crippen MR) is 175 cm³/mol. The summed E-state index contributed by atoms with van der Waals surface area (Å²) in [4.78, 5) is 32.5. The molecule has 250 valence electrons. The van der Waals surface area contributed by atoms with E-state index in [-0.39, 0.29) is 30.2 Å². The van der Waals surface area contributed by atoms with E-state index in [4.69, 9.17) is 9.47 Å². The van der Waals surface area contributed by atoms with E-state index in [1.165, 1.54) is 49.9 Å². The highest BCUT2D eigenvalue weighted by Gasteiger charge is 2.58. The van der Waals surface area contributed by atoms with Crippen molar-refractivity contribution in [2.24, 2.45) is 23.2 Å². The normalized spacial score (nSPS) is 32.8. The van der Waals surface area contributed by atoms with E-state index in [0.29, 0.717) is 35.5 Å². The number of hydrogen-bond donors (Lipinski definition) is 1. The van der Waals surface area contributed by atoms with Crippen LogP contribution in [0.25, 0.3) is 0 Å². The summed E-state index contributed by atoms with van der Waals surface area (Å²) in [6.07, 6.45) is 13.2. The number of likely N-dealkylation sites (N-methyl/N-ethyl adjacent to an activating group) is 1. The van der Waals surface area contributed by atoms with Crippen LogP contribution >= 0.6 is 0 Å².